The number of nitrogens with one attached hydrogen (secondary N) is 2. The third-order valence-electron chi connectivity index (χ3n) is 6.18. The molecule has 4 amide bonds. The summed E-state index contributed by atoms with van der Waals surface area (Å²) in [5, 5.41) is 24.0. The Hall–Kier alpha value is -3.67. The van der Waals surface area contributed by atoms with Gasteiger partial charge in [0.05, 0.1) is 6.04 Å². The van der Waals surface area contributed by atoms with Gasteiger partial charge in [-0.2, -0.15) is 0 Å². The van der Waals surface area contributed by atoms with E-state index in [9.17, 15) is 34.2 Å². The van der Waals surface area contributed by atoms with Crippen molar-refractivity contribution in [2.75, 3.05) is 6.54 Å². The molecule has 1 aromatic carbocycles. The van der Waals surface area contributed by atoms with Crippen LogP contribution >= 0.6 is 0 Å². The molecule has 2 rings (SSSR count). The first-order valence-electron chi connectivity index (χ1n) is 12.3. The molecule has 12 nitrogen and oxygen atoms in total. The zero-order valence-electron chi connectivity index (χ0n) is 21.2. The van der Waals surface area contributed by atoms with E-state index >= 15 is 0 Å². The van der Waals surface area contributed by atoms with E-state index in [2.05, 4.69) is 10.6 Å². The number of hydrogen-bond acceptors (Lipinski definition) is 7. The van der Waals surface area contributed by atoms with Gasteiger partial charge in [0.25, 0.3) is 0 Å². The number of likely N-dealkylation sites (tertiary alicyclic amines) is 1. The highest BCUT2D eigenvalue weighted by atomic mass is 16.4. The van der Waals surface area contributed by atoms with Crippen molar-refractivity contribution in [2.24, 2.45) is 17.4 Å². The lowest BCUT2D eigenvalue weighted by molar-refractivity contribution is -0.145. The zero-order chi connectivity index (χ0) is 27.7. The fraction of sp³-hybridized carbons (Fsp3) is 0.560. The highest BCUT2D eigenvalue weighted by Gasteiger charge is 2.39. The maximum Gasteiger partial charge on any atom is 0.326 e. The summed E-state index contributed by atoms with van der Waals surface area (Å²) in [6.45, 7) is 3.92. The Morgan fingerprint density at radius 2 is 1.73 bits per heavy atom. The first-order chi connectivity index (χ1) is 17.4. The smallest absolute Gasteiger partial charge is 0.326 e. The van der Waals surface area contributed by atoms with E-state index < -0.39 is 53.8 Å². The van der Waals surface area contributed by atoms with Crippen LogP contribution in [0.15, 0.2) is 24.3 Å². The minimum atomic E-state index is -1.16. The van der Waals surface area contributed by atoms with Crippen LogP contribution in [0.4, 0.5) is 0 Å². The molecule has 1 fully saturated rings. The molecule has 204 valence electrons. The van der Waals surface area contributed by atoms with Crippen molar-refractivity contribution in [1.82, 2.24) is 15.5 Å². The van der Waals surface area contributed by atoms with E-state index in [-0.39, 0.29) is 43.9 Å². The van der Waals surface area contributed by atoms with Gasteiger partial charge in [-0.25, -0.2) is 4.79 Å². The van der Waals surface area contributed by atoms with E-state index in [1.807, 2.05) is 13.8 Å². The monoisotopic (exact) mass is 519 g/mol. The summed E-state index contributed by atoms with van der Waals surface area (Å²) in [5.41, 5.74) is 12.0. The predicted octanol–water partition coefficient (Wildman–Crippen LogP) is -0.381. The van der Waals surface area contributed by atoms with Gasteiger partial charge in [0.1, 0.15) is 23.9 Å². The average molecular weight is 520 g/mol. The van der Waals surface area contributed by atoms with E-state index in [4.69, 9.17) is 11.5 Å². The van der Waals surface area contributed by atoms with Crippen molar-refractivity contribution in [3.05, 3.63) is 29.8 Å². The highest BCUT2D eigenvalue weighted by molar-refractivity contribution is 5.94. The molecule has 12 heteroatoms. The molecule has 0 bridgehead atoms. The zero-order valence-corrected chi connectivity index (χ0v) is 21.2. The van der Waals surface area contributed by atoms with E-state index in [0.717, 1.165) is 0 Å². The number of hydrogen-bond donors (Lipinski definition) is 6. The average Bonchev–Trinajstić information content (AvgIpc) is 3.31. The van der Waals surface area contributed by atoms with Crippen LogP contribution in [0.25, 0.3) is 0 Å². The van der Waals surface area contributed by atoms with Gasteiger partial charge in [0, 0.05) is 13.0 Å². The molecule has 8 N–H and O–H groups in total. The highest BCUT2D eigenvalue weighted by Crippen LogP contribution is 2.21. The second-order valence-corrected chi connectivity index (χ2v) is 9.76. The number of carboxylic acids is 1. The summed E-state index contributed by atoms with van der Waals surface area (Å²) >= 11 is 0. The van der Waals surface area contributed by atoms with E-state index in [1.165, 1.54) is 17.0 Å². The number of amides is 4. The third-order valence-corrected chi connectivity index (χ3v) is 6.18. The number of phenols is 1. The number of rotatable bonds is 13. The van der Waals surface area contributed by atoms with Crippen molar-refractivity contribution >= 4 is 29.6 Å². The molecule has 1 aliphatic heterocycles. The van der Waals surface area contributed by atoms with Gasteiger partial charge in [0.2, 0.25) is 23.6 Å². The van der Waals surface area contributed by atoms with Gasteiger partial charge >= 0.3 is 5.97 Å². The van der Waals surface area contributed by atoms with Crippen LogP contribution in [0.3, 0.4) is 0 Å². The lowest BCUT2D eigenvalue weighted by atomic mass is 10.0. The van der Waals surface area contributed by atoms with Crippen molar-refractivity contribution in [3.63, 3.8) is 0 Å². The molecule has 1 aromatic rings. The van der Waals surface area contributed by atoms with Crippen LogP contribution in [0.5, 0.6) is 5.75 Å². The Morgan fingerprint density at radius 1 is 1.08 bits per heavy atom. The number of aromatic hydroxyl groups is 1. The third kappa shape index (κ3) is 9.05. The van der Waals surface area contributed by atoms with E-state index in [0.29, 0.717) is 18.4 Å². The quantitative estimate of drug-likeness (QED) is 0.202. The maximum absolute atomic E-state index is 13.4. The van der Waals surface area contributed by atoms with Crippen molar-refractivity contribution in [2.45, 2.75) is 76.5 Å². The molecule has 37 heavy (non-hydrogen) atoms. The number of primary amides is 1. The largest absolute Gasteiger partial charge is 0.508 e. The molecule has 4 atom stereocenters. The summed E-state index contributed by atoms with van der Waals surface area (Å²) in [4.78, 5) is 63.5. The van der Waals surface area contributed by atoms with Crippen molar-refractivity contribution in [1.29, 1.82) is 0 Å². The molecule has 1 heterocycles. The molecule has 0 saturated carbocycles. The first-order valence-corrected chi connectivity index (χ1v) is 12.3. The van der Waals surface area contributed by atoms with Crippen molar-refractivity contribution < 1.29 is 34.2 Å². The Kier molecular flexibility index (Phi) is 10.9. The predicted molar refractivity (Wildman–Crippen MR) is 134 cm³/mol. The van der Waals surface area contributed by atoms with Crippen LogP contribution in [-0.2, 0) is 30.4 Å². The van der Waals surface area contributed by atoms with Gasteiger partial charge in [0.15, 0.2) is 0 Å². The summed E-state index contributed by atoms with van der Waals surface area (Å²) < 4.78 is 0. The maximum atomic E-state index is 13.4. The first kappa shape index (κ1) is 29.6. The molecule has 1 aliphatic rings. The second kappa shape index (κ2) is 13.6. The molecule has 1 saturated heterocycles. The van der Waals surface area contributed by atoms with E-state index in [1.54, 1.807) is 12.1 Å². The van der Waals surface area contributed by atoms with Crippen LogP contribution < -0.4 is 22.1 Å². The fourth-order valence-corrected chi connectivity index (χ4v) is 4.27. The van der Waals surface area contributed by atoms with Gasteiger partial charge in [-0.3, -0.25) is 19.2 Å². The number of carboxylic acid groups (broad SMARTS) is 1. The number of carbonyl (C=O) groups excluding carboxylic acids is 4. The summed E-state index contributed by atoms with van der Waals surface area (Å²) in [7, 11) is 0. The number of benzene rings is 1. The molecular weight excluding hydrogens is 482 g/mol. The van der Waals surface area contributed by atoms with Crippen LogP contribution in [0, 0.1) is 5.92 Å². The van der Waals surface area contributed by atoms with Crippen LogP contribution in [-0.4, -0.2) is 75.4 Å². The lowest BCUT2D eigenvalue weighted by Crippen LogP contribution is -2.57. The normalized spacial score (nSPS) is 17.6. The lowest BCUT2D eigenvalue weighted by Gasteiger charge is -2.30. The summed E-state index contributed by atoms with van der Waals surface area (Å²) in [6.07, 6.45) is 0.971. The number of nitrogens with two attached hydrogens (primary N) is 2. The Morgan fingerprint density at radius 3 is 2.30 bits per heavy atom. The Bertz CT molecular complexity index is 982. The summed E-state index contributed by atoms with van der Waals surface area (Å²) in [5.74, 6) is -3.49. The molecule has 0 spiro atoms. The molecular formula is C25H37N5O7. The van der Waals surface area contributed by atoms with Gasteiger partial charge < -0.3 is 37.2 Å². The minimum absolute atomic E-state index is 0.0295. The van der Waals surface area contributed by atoms with Crippen molar-refractivity contribution in [3.8, 4) is 5.75 Å². The van der Waals surface area contributed by atoms with Gasteiger partial charge in [-0.05, 0) is 55.7 Å². The van der Waals surface area contributed by atoms with Crippen LogP contribution in [0.2, 0.25) is 0 Å². The molecule has 0 aromatic heterocycles. The Balaban J connectivity index is 2.12. The number of aliphatic carboxylic acids is 1. The van der Waals surface area contributed by atoms with Crippen LogP contribution in [0.1, 0.15) is 51.5 Å². The SMILES string of the molecule is CC(C)CC(NC(=O)C1CCCN1C(=O)C(CCC(N)=O)NC(=O)C(N)Cc1ccc(O)cc1)C(=O)O. The molecule has 4 unspecified atom stereocenters. The number of carbonyl (C=O) groups is 5. The topological polar surface area (TPSA) is 205 Å². The fourth-order valence-electron chi connectivity index (χ4n) is 4.27. The summed E-state index contributed by atoms with van der Waals surface area (Å²) in [6, 6.07) is 2.02. The van der Waals surface area contributed by atoms with Gasteiger partial charge in [-0.15, -0.1) is 0 Å². The second-order valence-electron chi connectivity index (χ2n) is 9.76. The number of nitrogens with zero attached hydrogens (tertiary/aromatic N) is 1. The molecule has 0 radical (unpaired) electrons. The minimum Gasteiger partial charge on any atom is -0.508 e. The van der Waals surface area contributed by atoms with Gasteiger partial charge in [-0.1, -0.05) is 26.0 Å². The number of phenolic OH excluding ortho intramolecular Hbond substituents is 1. The molecule has 0 aliphatic carbocycles. The standard InChI is InChI=1S/C25H37N5O7/c1-14(2)12-19(25(36)37)29-23(34)20-4-3-11-30(20)24(35)18(9-10-21(27)32)28-22(33)17(26)13-15-5-7-16(31)8-6-15/h5-8,14,17-20,31H,3-4,9-13,26H2,1-2H3,(H2,27,32)(H,28,33)(H,29,34)(H,36,37). The Labute approximate surface area is 215 Å².